The van der Waals surface area contributed by atoms with Gasteiger partial charge in [-0.1, -0.05) is 78.7 Å². The summed E-state index contributed by atoms with van der Waals surface area (Å²) < 4.78 is 65.9. The topological polar surface area (TPSA) is 82.4 Å². The number of benzene rings is 2. The van der Waals surface area contributed by atoms with E-state index in [9.17, 15) is 31.2 Å². The van der Waals surface area contributed by atoms with Crippen LogP contribution in [0.25, 0.3) is 21.5 Å². The van der Waals surface area contributed by atoms with Crippen molar-refractivity contribution < 1.29 is 25.9 Å². The van der Waals surface area contributed by atoms with Gasteiger partial charge in [-0.15, -0.1) is 0 Å². The van der Waals surface area contributed by atoms with E-state index in [-0.39, 0.29) is 15.5 Å². The Balaban J connectivity index is 2.60. The maximum atomic E-state index is 13.1. The molecule has 6 nitrogen and oxygen atoms in total. The molecule has 0 saturated carbocycles. The van der Waals surface area contributed by atoms with Crippen LogP contribution in [0.4, 0.5) is 13.2 Å². The van der Waals surface area contributed by atoms with Gasteiger partial charge < -0.3 is 0 Å². The average Bonchev–Trinajstić information content (AvgIpc) is 2.75. The molecule has 178 valence electrons. The molecule has 3 rings (SSSR count). The Morgan fingerprint density at radius 2 is 1.09 bits per heavy atom. The Bertz CT molecular complexity index is 1410. The molecule has 0 bridgehead atoms. The number of halogens is 3. The van der Waals surface area contributed by atoms with Crippen LogP contribution in [-0.2, 0) is 10.1 Å². The van der Waals surface area contributed by atoms with Crippen molar-refractivity contribution in [1.82, 2.24) is 4.73 Å². The molecular weight excluding hydrogens is 491 g/mol. The summed E-state index contributed by atoms with van der Waals surface area (Å²) in [5.74, 6) is 0. The summed E-state index contributed by atoms with van der Waals surface area (Å²) >= 11 is 0. The fourth-order valence-electron chi connectivity index (χ4n) is 3.36. The quantitative estimate of drug-likeness (QED) is 0.394. The first-order valence-electron chi connectivity index (χ1n) is 10.0. The number of fused-ring (bicyclic) bond motifs is 3. The van der Waals surface area contributed by atoms with Gasteiger partial charge in [0, 0.05) is 0 Å². The Hall–Kier alpha value is -2.45. The zero-order valence-corrected chi connectivity index (χ0v) is 21.8. The standard InChI is InChI=1S/C21H24F3NO5SSi2/c1-32(2,3)13-7-9-15-17(11-13)18-12-14(33(4,5)6)8-10-16(18)20(27)25(19(15)26)30-31(28,29)21(22,23)24/h7-12H,1-6H3. The smallest absolute Gasteiger partial charge is 0.274 e. The SMILES string of the molecule is C[Si](C)(C)c1ccc2c(=O)n(OS(=O)(=O)C(F)(F)F)c(=O)c3ccc([Si](C)(C)C)cc3c2c1. The van der Waals surface area contributed by atoms with Gasteiger partial charge in [0.1, 0.15) is 0 Å². The summed E-state index contributed by atoms with van der Waals surface area (Å²) in [5.41, 5.74) is -8.37. The highest BCUT2D eigenvalue weighted by Gasteiger charge is 2.49. The molecule has 0 saturated heterocycles. The van der Waals surface area contributed by atoms with Gasteiger partial charge in [0.15, 0.2) is 0 Å². The first-order chi connectivity index (χ1) is 14.8. The predicted molar refractivity (Wildman–Crippen MR) is 129 cm³/mol. The van der Waals surface area contributed by atoms with E-state index >= 15 is 0 Å². The lowest BCUT2D eigenvalue weighted by atomic mass is 10.1. The normalized spacial score (nSPS) is 13.5. The van der Waals surface area contributed by atoms with Gasteiger partial charge in [-0.05, 0) is 22.9 Å². The van der Waals surface area contributed by atoms with E-state index in [1.165, 1.54) is 12.1 Å². The lowest BCUT2D eigenvalue weighted by Gasteiger charge is -2.18. The molecule has 12 heteroatoms. The van der Waals surface area contributed by atoms with Gasteiger partial charge in [0.05, 0.1) is 26.9 Å². The van der Waals surface area contributed by atoms with Crippen LogP contribution in [0, 0.1) is 0 Å². The summed E-state index contributed by atoms with van der Waals surface area (Å²) in [6.07, 6.45) is 0. The zero-order valence-electron chi connectivity index (χ0n) is 19.0. The fourth-order valence-corrected chi connectivity index (χ4v) is 6.10. The minimum absolute atomic E-state index is 0.116. The Morgan fingerprint density at radius 3 is 1.39 bits per heavy atom. The predicted octanol–water partition coefficient (Wildman–Crippen LogP) is 2.88. The second-order valence-corrected chi connectivity index (χ2v) is 21.6. The van der Waals surface area contributed by atoms with Gasteiger partial charge in [0.2, 0.25) is 0 Å². The van der Waals surface area contributed by atoms with E-state index in [1.54, 1.807) is 24.3 Å². The number of hydrogen-bond donors (Lipinski definition) is 0. The third kappa shape index (κ3) is 4.64. The molecule has 0 aliphatic rings. The lowest BCUT2D eigenvalue weighted by molar-refractivity contribution is -0.0551. The van der Waals surface area contributed by atoms with Crippen LogP contribution in [0.5, 0.6) is 0 Å². The molecule has 33 heavy (non-hydrogen) atoms. The second kappa shape index (κ2) is 7.81. The number of aromatic nitrogens is 1. The van der Waals surface area contributed by atoms with Crippen LogP contribution in [0.2, 0.25) is 39.3 Å². The van der Waals surface area contributed by atoms with Gasteiger partial charge in [-0.2, -0.15) is 21.6 Å². The van der Waals surface area contributed by atoms with E-state index in [0.717, 1.165) is 10.4 Å². The van der Waals surface area contributed by atoms with Crippen LogP contribution < -0.4 is 25.8 Å². The highest BCUT2D eigenvalue weighted by Crippen LogP contribution is 2.24. The molecule has 0 N–H and O–H groups in total. The van der Waals surface area contributed by atoms with Crippen LogP contribution in [0.15, 0.2) is 46.0 Å². The van der Waals surface area contributed by atoms with Crippen molar-refractivity contribution in [3.8, 4) is 0 Å². The molecule has 0 radical (unpaired) electrons. The molecule has 0 atom stereocenters. The number of alkyl halides is 3. The number of hydrogen-bond acceptors (Lipinski definition) is 5. The van der Waals surface area contributed by atoms with Crippen LogP contribution >= 0.6 is 0 Å². The molecular formula is C21H24F3NO5SSi2. The average molecular weight is 516 g/mol. The molecule has 1 heterocycles. The van der Waals surface area contributed by atoms with Gasteiger partial charge in [0.25, 0.3) is 11.1 Å². The summed E-state index contributed by atoms with van der Waals surface area (Å²) in [5, 5.41) is 2.41. The summed E-state index contributed by atoms with van der Waals surface area (Å²) in [6, 6.07) is 9.70. The molecule has 0 amide bonds. The fraction of sp³-hybridized carbons (Fsp3) is 0.333. The molecule has 1 aromatic heterocycles. The third-order valence-electron chi connectivity index (χ3n) is 5.35. The van der Waals surface area contributed by atoms with E-state index < -0.39 is 42.9 Å². The molecule has 2 aromatic carbocycles. The van der Waals surface area contributed by atoms with Crippen molar-refractivity contribution in [3.63, 3.8) is 0 Å². The second-order valence-electron chi connectivity index (χ2n) is 9.90. The van der Waals surface area contributed by atoms with E-state index in [1.807, 2.05) is 0 Å². The van der Waals surface area contributed by atoms with Gasteiger partial charge >= 0.3 is 15.6 Å². The summed E-state index contributed by atoms with van der Waals surface area (Å²) in [6.45, 7) is 12.5. The first kappa shape index (κ1) is 25.2. The first-order valence-corrected chi connectivity index (χ1v) is 18.4. The monoisotopic (exact) mass is 515 g/mol. The van der Waals surface area contributed by atoms with Gasteiger partial charge in [-0.25, -0.2) is 0 Å². The highest BCUT2D eigenvalue weighted by molar-refractivity contribution is 7.87. The molecule has 0 unspecified atom stereocenters. The molecule has 0 fully saturated rings. The Kier molecular flexibility index (Phi) is 5.96. The zero-order chi connectivity index (χ0) is 25.1. The molecule has 0 spiro atoms. The Morgan fingerprint density at radius 1 is 0.727 bits per heavy atom. The van der Waals surface area contributed by atoms with Crippen LogP contribution in [0.3, 0.4) is 0 Å². The molecule has 3 aromatic rings. The third-order valence-corrected chi connectivity index (χ3v) is 10.3. The van der Waals surface area contributed by atoms with Crippen molar-refractivity contribution >= 4 is 58.2 Å². The van der Waals surface area contributed by atoms with E-state index in [4.69, 9.17) is 0 Å². The van der Waals surface area contributed by atoms with Crippen molar-refractivity contribution in [2.24, 2.45) is 0 Å². The van der Waals surface area contributed by atoms with Crippen molar-refractivity contribution in [2.75, 3.05) is 0 Å². The molecule has 0 aliphatic carbocycles. The summed E-state index contributed by atoms with van der Waals surface area (Å²) in [7, 11) is -10.0. The number of rotatable bonds is 4. The van der Waals surface area contributed by atoms with Crippen molar-refractivity contribution in [2.45, 2.75) is 44.8 Å². The lowest BCUT2D eigenvalue weighted by Crippen LogP contribution is -2.43. The van der Waals surface area contributed by atoms with Crippen LogP contribution in [0.1, 0.15) is 0 Å². The Labute approximate surface area is 190 Å². The maximum absolute atomic E-state index is 13.1. The maximum Gasteiger partial charge on any atom is 0.536 e. The van der Waals surface area contributed by atoms with Crippen molar-refractivity contribution in [3.05, 3.63) is 57.1 Å². The van der Waals surface area contributed by atoms with E-state index in [0.29, 0.717) is 10.8 Å². The van der Waals surface area contributed by atoms with Crippen LogP contribution in [-0.4, -0.2) is 34.8 Å². The van der Waals surface area contributed by atoms with Crippen molar-refractivity contribution in [1.29, 1.82) is 0 Å². The summed E-state index contributed by atoms with van der Waals surface area (Å²) in [4.78, 5) is 26.3. The minimum atomic E-state index is -6.25. The minimum Gasteiger partial charge on any atom is -0.274 e. The molecule has 0 aliphatic heterocycles. The highest BCUT2D eigenvalue weighted by atomic mass is 32.2. The largest absolute Gasteiger partial charge is 0.536 e. The van der Waals surface area contributed by atoms with Gasteiger partial charge in [-0.3, -0.25) is 13.9 Å². The number of nitrogens with zero attached hydrogens (tertiary/aromatic N) is 1. The van der Waals surface area contributed by atoms with E-state index in [2.05, 4.69) is 43.6 Å².